The van der Waals surface area contributed by atoms with Crippen LogP contribution < -0.4 is 4.74 Å². The first-order chi connectivity index (χ1) is 16.0. The molecule has 0 N–H and O–H groups in total. The van der Waals surface area contributed by atoms with E-state index in [2.05, 4.69) is 4.74 Å². The van der Waals surface area contributed by atoms with Gasteiger partial charge in [0.25, 0.3) is 0 Å². The van der Waals surface area contributed by atoms with Crippen molar-refractivity contribution < 1.29 is 39.9 Å². The topological polar surface area (TPSA) is 33.0 Å². The molecule has 0 spiro atoms. The number of nitrogens with zero attached hydrogens (tertiary/aromatic N) is 1. The van der Waals surface area contributed by atoms with Crippen LogP contribution in [0.5, 0.6) is 5.75 Å². The first kappa shape index (κ1) is 23.5. The second-order valence-corrected chi connectivity index (χ2v) is 7.89. The number of nitriles is 1. The molecule has 0 saturated heterocycles. The summed E-state index contributed by atoms with van der Waals surface area (Å²) in [4.78, 5) is 0. The van der Waals surface area contributed by atoms with Gasteiger partial charge < -0.3 is 4.74 Å². The third-order valence-electron chi connectivity index (χ3n) is 5.32. The third kappa shape index (κ3) is 4.55. The normalized spacial score (nSPS) is 13.6. The Hall–Kier alpha value is -3.61. The molecule has 4 rings (SSSR count). The Morgan fingerprint density at radius 2 is 1.32 bits per heavy atom. The largest absolute Gasteiger partial charge is 0.432 e. The Kier molecular flexibility index (Phi) is 5.98. The van der Waals surface area contributed by atoms with Gasteiger partial charge in [0.05, 0.1) is 5.56 Å². The number of rotatable bonds is 6. The molecule has 3 aromatic carbocycles. The van der Waals surface area contributed by atoms with E-state index in [-0.39, 0.29) is 12.1 Å². The predicted octanol–water partition coefficient (Wildman–Crippen LogP) is 7.14. The van der Waals surface area contributed by atoms with Gasteiger partial charge in [-0.05, 0) is 60.6 Å². The second-order valence-electron chi connectivity index (χ2n) is 7.89. The number of ether oxygens (including phenoxy) is 1. The summed E-state index contributed by atoms with van der Waals surface area (Å²) in [6, 6.07) is 4.31. The molecule has 1 saturated carbocycles. The number of hydrogen-bond donors (Lipinski definition) is 0. The van der Waals surface area contributed by atoms with Gasteiger partial charge in [0.2, 0.25) is 0 Å². The SMILES string of the molecule is N#Cc1c(F)cc(OC(F)(F)c2c(F)cc(-c3c(F)cc(CC4CC4)cc3F)cc2F)cc1F. The summed E-state index contributed by atoms with van der Waals surface area (Å²) in [5.74, 6) is -9.93. The fourth-order valence-electron chi connectivity index (χ4n) is 3.58. The quantitative estimate of drug-likeness (QED) is 0.349. The highest BCUT2D eigenvalue weighted by Gasteiger charge is 2.42. The van der Waals surface area contributed by atoms with Gasteiger partial charge in [0, 0.05) is 12.1 Å². The summed E-state index contributed by atoms with van der Waals surface area (Å²) in [5, 5.41) is 8.62. The second kappa shape index (κ2) is 8.63. The van der Waals surface area contributed by atoms with Crippen LogP contribution in [0.25, 0.3) is 11.1 Å². The van der Waals surface area contributed by atoms with Crippen molar-refractivity contribution >= 4 is 0 Å². The van der Waals surface area contributed by atoms with Gasteiger partial charge in [-0.25, -0.2) is 26.3 Å². The van der Waals surface area contributed by atoms with Gasteiger partial charge in [0.1, 0.15) is 57.8 Å². The van der Waals surface area contributed by atoms with Gasteiger partial charge in [-0.1, -0.05) is 0 Å². The van der Waals surface area contributed by atoms with E-state index < -0.39 is 69.0 Å². The number of hydrogen-bond acceptors (Lipinski definition) is 2. The molecule has 3 aromatic rings. The maximum absolute atomic E-state index is 14.6. The molecule has 0 aliphatic heterocycles. The van der Waals surface area contributed by atoms with Crippen LogP contribution in [0.3, 0.4) is 0 Å². The van der Waals surface area contributed by atoms with Crippen molar-refractivity contribution in [1.82, 2.24) is 0 Å². The van der Waals surface area contributed by atoms with Gasteiger partial charge in [0.15, 0.2) is 0 Å². The Morgan fingerprint density at radius 1 is 0.794 bits per heavy atom. The van der Waals surface area contributed by atoms with Crippen molar-refractivity contribution in [2.45, 2.75) is 25.4 Å². The number of alkyl halides is 2. The average molecular weight is 483 g/mol. The fourth-order valence-corrected chi connectivity index (χ4v) is 3.58. The third-order valence-corrected chi connectivity index (χ3v) is 5.32. The van der Waals surface area contributed by atoms with E-state index in [1.165, 1.54) is 6.07 Å². The molecule has 0 aromatic heterocycles. The molecule has 1 fully saturated rings. The first-order valence-corrected chi connectivity index (χ1v) is 9.94. The lowest BCUT2D eigenvalue weighted by Gasteiger charge is -2.20. The van der Waals surface area contributed by atoms with Crippen LogP contribution in [0.1, 0.15) is 29.5 Å². The van der Waals surface area contributed by atoms with E-state index in [0.29, 0.717) is 30.0 Å². The monoisotopic (exact) mass is 483 g/mol. The molecule has 2 nitrogen and oxygen atoms in total. The van der Waals surface area contributed by atoms with E-state index in [4.69, 9.17) is 5.26 Å². The predicted molar refractivity (Wildman–Crippen MR) is 104 cm³/mol. The molecule has 0 atom stereocenters. The fraction of sp³-hybridized carbons (Fsp3) is 0.208. The Labute approximate surface area is 188 Å². The Morgan fingerprint density at radius 3 is 1.79 bits per heavy atom. The van der Waals surface area contributed by atoms with E-state index in [9.17, 15) is 35.1 Å². The standard InChI is InChI=1S/C24H13F8NO/c25-16-8-14(9-17(26)15(16)10-33)34-24(31,32)23-20(29)6-13(7-21(23)30)22-18(27)4-12(5-19(22)28)3-11-1-2-11/h4-9,11H,1-3H2. The minimum Gasteiger partial charge on any atom is -0.429 e. The smallest absolute Gasteiger partial charge is 0.429 e. The van der Waals surface area contributed by atoms with Gasteiger partial charge >= 0.3 is 6.11 Å². The summed E-state index contributed by atoms with van der Waals surface area (Å²) in [7, 11) is 0. The zero-order valence-electron chi connectivity index (χ0n) is 17.0. The molecule has 1 aliphatic carbocycles. The molecule has 0 bridgehead atoms. The van der Waals surface area contributed by atoms with E-state index in [1.54, 1.807) is 0 Å². The van der Waals surface area contributed by atoms with Crippen LogP contribution in [0.4, 0.5) is 35.1 Å². The lowest BCUT2D eigenvalue weighted by Crippen LogP contribution is -2.25. The van der Waals surface area contributed by atoms with Crippen molar-refractivity contribution in [3.63, 3.8) is 0 Å². The van der Waals surface area contributed by atoms with Crippen LogP contribution in [0, 0.1) is 52.2 Å². The summed E-state index contributed by atoms with van der Waals surface area (Å²) >= 11 is 0. The number of benzene rings is 3. The zero-order chi connectivity index (χ0) is 24.8. The molecular weight excluding hydrogens is 470 g/mol. The minimum absolute atomic E-state index is 0.244. The molecule has 34 heavy (non-hydrogen) atoms. The molecule has 10 heteroatoms. The van der Waals surface area contributed by atoms with Crippen molar-refractivity contribution in [2.24, 2.45) is 5.92 Å². The summed E-state index contributed by atoms with van der Waals surface area (Å²) < 4.78 is 119. The molecule has 0 unspecified atom stereocenters. The van der Waals surface area contributed by atoms with E-state index >= 15 is 0 Å². The highest BCUT2D eigenvalue weighted by atomic mass is 19.3. The van der Waals surface area contributed by atoms with Crippen LogP contribution >= 0.6 is 0 Å². The maximum atomic E-state index is 14.6. The van der Waals surface area contributed by atoms with Gasteiger partial charge in [-0.2, -0.15) is 14.0 Å². The van der Waals surface area contributed by atoms with Crippen molar-refractivity contribution in [1.29, 1.82) is 5.26 Å². The van der Waals surface area contributed by atoms with Crippen molar-refractivity contribution in [3.05, 3.63) is 88.0 Å². The molecule has 176 valence electrons. The molecule has 0 amide bonds. The Balaban J connectivity index is 1.68. The van der Waals surface area contributed by atoms with Crippen LogP contribution in [-0.4, -0.2) is 0 Å². The zero-order valence-corrected chi connectivity index (χ0v) is 17.0. The molecule has 0 radical (unpaired) electrons. The molecule has 0 heterocycles. The van der Waals surface area contributed by atoms with E-state index in [0.717, 1.165) is 25.0 Å². The summed E-state index contributed by atoms with van der Waals surface area (Å²) in [6.07, 6.45) is -2.47. The maximum Gasteiger partial charge on any atom is 0.432 e. The van der Waals surface area contributed by atoms with E-state index in [1.807, 2.05) is 0 Å². The van der Waals surface area contributed by atoms with Crippen LogP contribution in [-0.2, 0) is 12.5 Å². The highest BCUT2D eigenvalue weighted by Crippen LogP contribution is 2.39. The molecular formula is C24H13F8NO. The lowest BCUT2D eigenvalue weighted by molar-refractivity contribution is -0.189. The first-order valence-electron chi connectivity index (χ1n) is 9.94. The summed E-state index contributed by atoms with van der Waals surface area (Å²) in [6.45, 7) is 0. The van der Waals surface area contributed by atoms with Crippen LogP contribution in [0.15, 0.2) is 36.4 Å². The average Bonchev–Trinajstić information content (AvgIpc) is 3.50. The highest BCUT2D eigenvalue weighted by molar-refractivity contribution is 5.66. The summed E-state index contributed by atoms with van der Waals surface area (Å²) in [5.41, 5.74) is -4.11. The molecule has 1 aliphatic rings. The van der Waals surface area contributed by atoms with Gasteiger partial charge in [-0.3, -0.25) is 0 Å². The lowest BCUT2D eigenvalue weighted by atomic mass is 9.98. The van der Waals surface area contributed by atoms with Crippen LogP contribution in [0.2, 0.25) is 0 Å². The van der Waals surface area contributed by atoms with Gasteiger partial charge in [-0.15, -0.1) is 0 Å². The Bertz CT molecular complexity index is 1260. The minimum atomic E-state index is -4.77. The van der Waals surface area contributed by atoms with Crippen molar-refractivity contribution in [3.8, 4) is 22.9 Å². The van der Waals surface area contributed by atoms with Crippen molar-refractivity contribution in [2.75, 3.05) is 0 Å². The number of halogens is 8.